The Hall–Kier alpha value is -4.53. The molecule has 0 aliphatic carbocycles. The van der Waals surface area contributed by atoms with Crippen LogP contribution in [-0.2, 0) is 27.4 Å². The summed E-state index contributed by atoms with van der Waals surface area (Å²) < 4.78 is 10.6. The van der Waals surface area contributed by atoms with E-state index >= 15 is 0 Å². The van der Waals surface area contributed by atoms with Crippen LogP contribution in [0.25, 0.3) is 22.5 Å². The van der Waals surface area contributed by atoms with E-state index in [-0.39, 0.29) is 19.1 Å². The van der Waals surface area contributed by atoms with Crippen molar-refractivity contribution in [2.24, 2.45) is 5.92 Å². The van der Waals surface area contributed by atoms with Crippen molar-refractivity contribution in [2.45, 2.75) is 33.0 Å². The van der Waals surface area contributed by atoms with Crippen LogP contribution in [0.2, 0.25) is 0 Å². The molecule has 1 heterocycles. The Kier molecular flexibility index (Phi) is 8.25. The van der Waals surface area contributed by atoms with Gasteiger partial charge >= 0.3 is 12.1 Å². The minimum Gasteiger partial charge on any atom is -0.459 e. The van der Waals surface area contributed by atoms with Gasteiger partial charge in [0.15, 0.2) is 5.82 Å². The molecular formula is C28H29N5O4. The smallest absolute Gasteiger partial charge is 0.410 e. The SMILES string of the molecule is COC(=O)N(Cc1ccc(-c2ccccc2-c2nnn[nH]2)cc1)[C@H](C(=O)OCc1ccccc1)C(C)C. The summed E-state index contributed by atoms with van der Waals surface area (Å²) in [5.41, 5.74) is 4.51. The molecule has 1 atom stereocenters. The molecule has 0 saturated heterocycles. The van der Waals surface area contributed by atoms with Crippen molar-refractivity contribution in [2.75, 3.05) is 7.11 Å². The molecule has 37 heavy (non-hydrogen) atoms. The number of amides is 1. The molecule has 0 aliphatic rings. The lowest BCUT2D eigenvalue weighted by molar-refractivity contribution is -0.152. The number of aromatic nitrogens is 4. The summed E-state index contributed by atoms with van der Waals surface area (Å²) >= 11 is 0. The molecule has 1 N–H and O–H groups in total. The molecule has 1 aromatic heterocycles. The maximum Gasteiger partial charge on any atom is 0.410 e. The number of rotatable bonds is 9. The Labute approximate surface area is 215 Å². The molecular weight excluding hydrogens is 470 g/mol. The molecule has 0 fully saturated rings. The number of nitrogens with one attached hydrogen (secondary N) is 1. The highest BCUT2D eigenvalue weighted by Gasteiger charge is 2.34. The number of nitrogens with zero attached hydrogens (tertiary/aromatic N) is 4. The molecule has 9 nitrogen and oxygen atoms in total. The first-order valence-corrected chi connectivity index (χ1v) is 12.0. The van der Waals surface area contributed by atoms with Crippen molar-refractivity contribution in [3.05, 3.63) is 90.0 Å². The molecule has 4 aromatic rings. The van der Waals surface area contributed by atoms with Crippen LogP contribution in [0, 0.1) is 5.92 Å². The van der Waals surface area contributed by atoms with Gasteiger partial charge in [0.25, 0.3) is 0 Å². The summed E-state index contributed by atoms with van der Waals surface area (Å²) in [4.78, 5) is 27.3. The highest BCUT2D eigenvalue weighted by Crippen LogP contribution is 2.30. The van der Waals surface area contributed by atoms with E-state index in [9.17, 15) is 9.59 Å². The Morgan fingerprint density at radius 1 is 0.892 bits per heavy atom. The van der Waals surface area contributed by atoms with Gasteiger partial charge in [-0.1, -0.05) is 92.7 Å². The summed E-state index contributed by atoms with van der Waals surface area (Å²) in [6.45, 7) is 4.07. The Morgan fingerprint density at radius 2 is 1.57 bits per heavy atom. The van der Waals surface area contributed by atoms with Gasteiger partial charge < -0.3 is 9.47 Å². The minimum atomic E-state index is -0.810. The molecule has 0 unspecified atom stereocenters. The first-order valence-electron chi connectivity index (χ1n) is 12.0. The van der Waals surface area contributed by atoms with Gasteiger partial charge in [0.2, 0.25) is 0 Å². The molecule has 0 spiro atoms. The fourth-order valence-electron chi connectivity index (χ4n) is 4.17. The van der Waals surface area contributed by atoms with E-state index in [0.717, 1.165) is 27.8 Å². The van der Waals surface area contributed by atoms with E-state index in [1.54, 1.807) is 0 Å². The Bertz CT molecular complexity index is 1310. The molecule has 4 rings (SSSR count). The number of ether oxygens (including phenoxy) is 2. The van der Waals surface area contributed by atoms with Gasteiger partial charge in [-0.25, -0.2) is 14.7 Å². The lowest BCUT2D eigenvalue weighted by atomic mass is 9.97. The molecule has 0 saturated carbocycles. The normalized spacial score (nSPS) is 11.7. The van der Waals surface area contributed by atoms with Gasteiger partial charge in [-0.2, -0.15) is 0 Å². The zero-order valence-electron chi connectivity index (χ0n) is 21.0. The second-order valence-corrected chi connectivity index (χ2v) is 8.87. The third-order valence-corrected chi connectivity index (χ3v) is 5.99. The second-order valence-electron chi connectivity index (χ2n) is 8.87. The summed E-state index contributed by atoms with van der Waals surface area (Å²) in [5.74, 6) is -0.0927. The van der Waals surface area contributed by atoms with Crippen LogP contribution in [-0.4, -0.2) is 50.7 Å². The van der Waals surface area contributed by atoms with E-state index in [1.807, 2.05) is 92.7 Å². The van der Waals surface area contributed by atoms with Crippen molar-refractivity contribution in [1.82, 2.24) is 25.5 Å². The first-order chi connectivity index (χ1) is 18.0. The van der Waals surface area contributed by atoms with Gasteiger partial charge in [-0.3, -0.25) is 4.90 Å². The maximum absolute atomic E-state index is 13.1. The van der Waals surface area contributed by atoms with Crippen LogP contribution in [0.15, 0.2) is 78.9 Å². The number of tetrazole rings is 1. The van der Waals surface area contributed by atoms with Gasteiger partial charge in [-0.05, 0) is 38.6 Å². The van der Waals surface area contributed by atoms with Crippen LogP contribution < -0.4 is 0 Å². The number of esters is 1. The highest BCUT2D eigenvalue weighted by molar-refractivity contribution is 5.82. The number of H-pyrrole nitrogens is 1. The van der Waals surface area contributed by atoms with Crippen molar-refractivity contribution >= 4 is 12.1 Å². The molecule has 0 bridgehead atoms. The molecule has 0 radical (unpaired) electrons. The molecule has 190 valence electrons. The van der Waals surface area contributed by atoms with Crippen LogP contribution in [0.3, 0.4) is 0 Å². The highest BCUT2D eigenvalue weighted by atomic mass is 16.6. The zero-order chi connectivity index (χ0) is 26.2. The lowest BCUT2D eigenvalue weighted by Gasteiger charge is -2.31. The largest absolute Gasteiger partial charge is 0.459 e. The fraction of sp³-hybridized carbons (Fsp3) is 0.250. The van der Waals surface area contributed by atoms with E-state index in [4.69, 9.17) is 9.47 Å². The standard InChI is InChI=1S/C28H29N5O4/c1-19(2)25(27(34)37-18-21-9-5-4-6-10-21)33(28(35)36-3)17-20-13-15-22(16-14-20)23-11-7-8-12-24(23)26-29-31-32-30-26/h4-16,19,25H,17-18H2,1-3H3,(H,29,30,31,32)/t25-/m0/s1. The second kappa shape index (κ2) is 11.9. The van der Waals surface area contributed by atoms with Gasteiger partial charge in [0.1, 0.15) is 12.6 Å². The third-order valence-electron chi connectivity index (χ3n) is 5.99. The van der Waals surface area contributed by atoms with Crippen molar-refractivity contribution < 1.29 is 19.1 Å². The number of methoxy groups -OCH3 is 1. The van der Waals surface area contributed by atoms with Gasteiger partial charge in [-0.15, -0.1) is 5.10 Å². The predicted molar refractivity (Wildman–Crippen MR) is 138 cm³/mol. The first kappa shape index (κ1) is 25.6. The number of carbonyl (C=O) groups is 2. The van der Waals surface area contributed by atoms with Crippen LogP contribution in [0.1, 0.15) is 25.0 Å². The Morgan fingerprint density at radius 3 is 2.19 bits per heavy atom. The van der Waals surface area contributed by atoms with Gasteiger partial charge in [0, 0.05) is 12.1 Å². The van der Waals surface area contributed by atoms with E-state index in [2.05, 4.69) is 20.6 Å². The topological polar surface area (TPSA) is 110 Å². The summed E-state index contributed by atoms with van der Waals surface area (Å²) in [6, 6.07) is 24.2. The van der Waals surface area contributed by atoms with Crippen LogP contribution >= 0.6 is 0 Å². The third kappa shape index (κ3) is 6.19. The van der Waals surface area contributed by atoms with E-state index in [1.165, 1.54) is 12.0 Å². The summed E-state index contributed by atoms with van der Waals surface area (Å²) in [5, 5.41) is 14.2. The van der Waals surface area contributed by atoms with Crippen LogP contribution in [0.5, 0.6) is 0 Å². The van der Waals surface area contributed by atoms with E-state index in [0.29, 0.717) is 5.82 Å². The molecule has 1 amide bonds. The minimum absolute atomic E-state index is 0.132. The van der Waals surface area contributed by atoms with Crippen molar-refractivity contribution in [3.8, 4) is 22.5 Å². The molecule has 3 aromatic carbocycles. The molecule has 9 heteroatoms. The average Bonchev–Trinajstić information content (AvgIpc) is 3.47. The van der Waals surface area contributed by atoms with Gasteiger partial charge in [0.05, 0.1) is 7.11 Å². The number of hydrogen-bond acceptors (Lipinski definition) is 7. The van der Waals surface area contributed by atoms with Crippen molar-refractivity contribution in [1.29, 1.82) is 0 Å². The van der Waals surface area contributed by atoms with E-state index < -0.39 is 18.1 Å². The average molecular weight is 500 g/mol. The monoisotopic (exact) mass is 499 g/mol. The zero-order valence-corrected chi connectivity index (χ0v) is 21.0. The predicted octanol–water partition coefficient (Wildman–Crippen LogP) is 4.87. The number of benzene rings is 3. The Balaban J connectivity index is 1.54. The maximum atomic E-state index is 13.1. The number of hydrogen-bond donors (Lipinski definition) is 1. The van der Waals surface area contributed by atoms with Crippen molar-refractivity contribution in [3.63, 3.8) is 0 Å². The molecule has 0 aliphatic heterocycles. The number of carbonyl (C=O) groups excluding carboxylic acids is 2. The quantitative estimate of drug-likeness (QED) is 0.327. The summed E-state index contributed by atoms with van der Waals surface area (Å²) in [6.07, 6.45) is -0.595. The summed E-state index contributed by atoms with van der Waals surface area (Å²) in [7, 11) is 1.31. The van der Waals surface area contributed by atoms with Crippen LogP contribution in [0.4, 0.5) is 4.79 Å². The fourth-order valence-corrected chi connectivity index (χ4v) is 4.17. The number of aromatic amines is 1. The lowest BCUT2D eigenvalue weighted by Crippen LogP contribution is -2.48.